The van der Waals surface area contributed by atoms with Crippen molar-refractivity contribution in [1.82, 2.24) is 33.2 Å². The summed E-state index contributed by atoms with van der Waals surface area (Å²) >= 11 is 0. The largest absolute Gasteiger partial charge is 0.309 e. The summed E-state index contributed by atoms with van der Waals surface area (Å²) < 4.78 is 9.17. The zero-order valence-electron chi connectivity index (χ0n) is 34.3. The lowest BCUT2D eigenvalue weighted by molar-refractivity contribution is 0.892. The molecule has 0 amide bonds. The molecule has 0 aliphatic rings. The fourth-order valence-corrected chi connectivity index (χ4v) is 10.4. The van der Waals surface area contributed by atoms with Crippen molar-refractivity contribution in [3.63, 3.8) is 0 Å². The first-order chi connectivity index (χ1) is 31.8. The van der Waals surface area contributed by atoms with E-state index in [1.54, 1.807) is 0 Å². The molecule has 5 aromatic heterocycles. The average molecular weight is 818 g/mol. The normalized spacial score (nSPS) is 12.1. The Kier molecular flexibility index (Phi) is 7.27. The first-order valence-electron chi connectivity index (χ1n) is 21.6. The van der Waals surface area contributed by atoms with Crippen LogP contribution >= 0.6 is 0 Å². The van der Waals surface area contributed by atoms with Gasteiger partial charge in [-0.15, -0.1) is 0 Å². The van der Waals surface area contributed by atoms with Crippen molar-refractivity contribution in [2.45, 2.75) is 0 Å². The van der Waals surface area contributed by atoms with Crippen molar-refractivity contribution in [3.05, 3.63) is 212 Å². The van der Waals surface area contributed by atoms with Crippen molar-refractivity contribution >= 4 is 87.2 Å². The Morgan fingerprint density at radius 3 is 0.984 bits per heavy atom. The van der Waals surface area contributed by atoms with Gasteiger partial charge in [0.15, 0.2) is 5.82 Å². The van der Waals surface area contributed by atoms with Crippen LogP contribution in [0.15, 0.2) is 212 Å². The molecule has 64 heavy (non-hydrogen) atoms. The Morgan fingerprint density at radius 1 is 0.250 bits per heavy atom. The van der Waals surface area contributed by atoms with Crippen molar-refractivity contribution in [2.75, 3.05) is 0 Å². The van der Waals surface area contributed by atoms with Gasteiger partial charge in [0.25, 0.3) is 0 Å². The lowest BCUT2D eigenvalue weighted by Gasteiger charge is -2.17. The summed E-state index contributed by atoms with van der Waals surface area (Å²) in [5.41, 5.74) is 11.4. The molecular formula is C57H35N7. The maximum Gasteiger partial charge on any atom is 0.240 e. The molecule has 0 atom stereocenters. The van der Waals surface area contributed by atoms with E-state index >= 15 is 0 Å². The van der Waals surface area contributed by atoms with Gasteiger partial charge in [0.05, 0.1) is 49.8 Å². The molecule has 0 radical (unpaired) electrons. The molecule has 9 aromatic carbocycles. The average Bonchev–Trinajstić information content (AvgIpc) is 4.09. The van der Waals surface area contributed by atoms with E-state index in [0.29, 0.717) is 17.7 Å². The van der Waals surface area contributed by atoms with Gasteiger partial charge in [-0.1, -0.05) is 146 Å². The molecule has 14 rings (SSSR count). The van der Waals surface area contributed by atoms with Gasteiger partial charge in [-0.05, 0) is 66.7 Å². The molecule has 298 valence electrons. The van der Waals surface area contributed by atoms with E-state index in [-0.39, 0.29) is 0 Å². The summed E-state index contributed by atoms with van der Waals surface area (Å²) in [6.07, 6.45) is 0. The summed E-state index contributed by atoms with van der Waals surface area (Å²) in [5, 5.41) is 9.22. The number of aromatic nitrogens is 7. The van der Waals surface area contributed by atoms with E-state index in [2.05, 4.69) is 231 Å². The molecular weight excluding hydrogens is 783 g/mol. The Hall–Kier alpha value is -8.81. The summed E-state index contributed by atoms with van der Waals surface area (Å²) in [5.74, 6) is 1.64. The fourth-order valence-electron chi connectivity index (χ4n) is 10.4. The topological polar surface area (TPSA) is 58.4 Å². The highest BCUT2D eigenvalue weighted by molar-refractivity contribution is 6.14. The highest BCUT2D eigenvalue weighted by Crippen LogP contribution is 2.42. The van der Waals surface area contributed by atoms with Gasteiger partial charge < -0.3 is 9.13 Å². The second-order valence-electron chi connectivity index (χ2n) is 16.4. The van der Waals surface area contributed by atoms with E-state index in [1.807, 2.05) is 0 Å². The van der Waals surface area contributed by atoms with Gasteiger partial charge >= 0.3 is 0 Å². The molecule has 14 aromatic rings. The van der Waals surface area contributed by atoms with E-state index in [0.717, 1.165) is 88.0 Å². The number of benzene rings is 9. The third-order valence-corrected chi connectivity index (χ3v) is 13.0. The SMILES string of the molecule is c1ccc(-n2c3ccccc3c3cc(-n4c5ccccc5c5ccccc54)c(-c4nc(-n5c6ccccc6c6ccccc65)nc(-n5c6ccccc6c6ccccc65)n4)cc32)cc1. The van der Waals surface area contributed by atoms with Gasteiger partial charge in [-0.3, -0.25) is 9.13 Å². The summed E-state index contributed by atoms with van der Waals surface area (Å²) in [4.78, 5) is 16.7. The van der Waals surface area contributed by atoms with Crippen molar-refractivity contribution in [1.29, 1.82) is 0 Å². The molecule has 0 saturated carbocycles. The van der Waals surface area contributed by atoms with Crippen molar-refractivity contribution < 1.29 is 0 Å². The minimum atomic E-state index is 0.538. The second kappa shape index (κ2) is 13.3. The van der Waals surface area contributed by atoms with Gasteiger partial charge in [0.2, 0.25) is 11.9 Å². The van der Waals surface area contributed by atoms with Crippen LogP contribution < -0.4 is 0 Å². The third-order valence-electron chi connectivity index (χ3n) is 13.0. The highest BCUT2D eigenvalue weighted by Gasteiger charge is 2.25. The predicted octanol–water partition coefficient (Wildman–Crippen LogP) is 13.9. The minimum absolute atomic E-state index is 0.538. The molecule has 0 N–H and O–H groups in total. The zero-order valence-corrected chi connectivity index (χ0v) is 34.3. The summed E-state index contributed by atoms with van der Waals surface area (Å²) in [7, 11) is 0. The second-order valence-corrected chi connectivity index (χ2v) is 16.4. The van der Waals surface area contributed by atoms with E-state index in [9.17, 15) is 0 Å². The number of hydrogen-bond donors (Lipinski definition) is 0. The quantitative estimate of drug-likeness (QED) is 0.174. The summed E-state index contributed by atoms with van der Waals surface area (Å²) in [6.45, 7) is 0. The molecule has 7 nitrogen and oxygen atoms in total. The Balaban J connectivity index is 1.18. The molecule has 0 fully saturated rings. The summed E-state index contributed by atoms with van der Waals surface area (Å²) in [6, 6.07) is 75.5. The maximum atomic E-state index is 5.62. The van der Waals surface area contributed by atoms with Crippen LogP contribution in [0.3, 0.4) is 0 Å². The molecule has 0 unspecified atom stereocenters. The van der Waals surface area contributed by atoms with Crippen LogP contribution in [0.1, 0.15) is 0 Å². The Bertz CT molecular complexity index is 3910. The van der Waals surface area contributed by atoms with Crippen molar-refractivity contribution in [3.8, 4) is 34.7 Å². The monoisotopic (exact) mass is 817 g/mol. The molecule has 0 spiro atoms. The van der Waals surface area contributed by atoms with Gasteiger partial charge in [-0.2, -0.15) is 15.0 Å². The van der Waals surface area contributed by atoms with Crippen LogP contribution in [-0.4, -0.2) is 33.2 Å². The fraction of sp³-hybridized carbons (Fsp3) is 0. The Labute approximate surface area is 366 Å². The number of fused-ring (bicyclic) bond motifs is 12. The number of hydrogen-bond acceptors (Lipinski definition) is 3. The van der Waals surface area contributed by atoms with Crippen LogP contribution in [0.5, 0.6) is 0 Å². The van der Waals surface area contributed by atoms with Gasteiger partial charge in [0, 0.05) is 54.3 Å². The number of rotatable bonds is 5. The molecule has 5 heterocycles. The predicted molar refractivity (Wildman–Crippen MR) is 263 cm³/mol. The smallest absolute Gasteiger partial charge is 0.240 e. The van der Waals surface area contributed by atoms with Gasteiger partial charge in [0.1, 0.15) is 0 Å². The maximum absolute atomic E-state index is 5.62. The lowest BCUT2D eigenvalue weighted by Crippen LogP contribution is -2.11. The number of nitrogens with zero attached hydrogens (tertiary/aromatic N) is 7. The van der Waals surface area contributed by atoms with Crippen LogP contribution in [0.4, 0.5) is 0 Å². The van der Waals surface area contributed by atoms with E-state index in [4.69, 9.17) is 15.0 Å². The molecule has 0 aliphatic carbocycles. The molecule has 0 bridgehead atoms. The molecule has 0 aliphatic heterocycles. The zero-order chi connectivity index (χ0) is 41.9. The third kappa shape index (κ3) is 4.89. The first-order valence-corrected chi connectivity index (χ1v) is 21.6. The van der Waals surface area contributed by atoms with Crippen LogP contribution in [0.2, 0.25) is 0 Å². The molecule has 0 saturated heterocycles. The van der Waals surface area contributed by atoms with Crippen LogP contribution in [-0.2, 0) is 0 Å². The van der Waals surface area contributed by atoms with Crippen molar-refractivity contribution in [2.24, 2.45) is 0 Å². The van der Waals surface area contributed by atoms with Crippen LogP contribution in [0.25, 0.3) is 122 Å². The first kappa shape index (κ1) is 34.9. The van der Waals surface area contributed by atoms with E-state index in [1.165, 1.54) is 16.2 Å². The lowest BCUT2D eigenvalue weighted by atomic mass is 10.1. The standard InChI is InChI=1S/C57H35N7/c1-2-18-36(19-3-1)61-46-27-11-10-26-43(46)44-34-54(62-47-28-12-4-20-37(47)38-21-5-13-29-48(38)62)45(35-53(44)61)55-58-56(63-49-30-14-6-22-39(49)40-23-7-15-31-50(40)63)60-57(59-55)64-51-32-16-8-24-41(51)42-25-9-17-33-52(42)64/h1-35H. The van der Waals surface area contributed by atoms with E-state index < -0.39 is 0 Å². The molecule has 7 heteroatoms. The van der Waals surface area contributed by atoms with Crippen LogP contribution in [0, 0.1) is 0 Å². The minimum Gasteiger partial charge on any atom is -0.309 e. The highest BCUT2D eigenvalue weighted by atomic mass is 15.3. The number of para-hydroxylation sites is 8. The van der Waals surface area contributed by atoms with Gasteiger partial charge in [-0.25, -0.2) is 0 Å². The Morgan fingerprint density at radius 2 is 0.578 bits per heavy atom.